The quantitative estimate of drug-likeness (QED) is 0.750. The largest absolute Gasteiger partial charge is 0.508 e. The van der Waals surface area contributed by atoms with E-state index in [1.165, 1.54) is 42.4 Å². The maximum atomic E-state index is 9.95. The number of fused-ring (bicyclic) bond motifs is 4. The van der Waals surface area contributed by atoms with Crippen LogP contribution in [0.2, 0.25) is 0 Å². The van der Waals surface area contributed by atoms with E-state index in [4.69, 9.17) is 5.73 Å². The van der Waals surface area contributed by atoms with Gasteiger partial charge in [-0.2, -0.15) is 0 Å². The first-order chi connectivity index (χ1) is 9.02. The zero-order chi connectivity index (χ0) is 13.6. The van der Waals surface area contributed by atoms with Crippen molar-refractivity contribution in [2.24, 2.45) is 11.7 Å². The second-order valence-corrected chi connectivity index (χ2v) is 6.80. The Morgan fingerprint density at radius 1 is 1.26 bits per heavy atom. The van der Waals surface area contributed by atoms with Gasteiger partial charge in [-0.1, -0.05) is 26.2 Å². The number of phenolic OH excluding ortho intramolecular Hbond substituents is 1. The summed E-state index contributed by atoms with van der Waals surface area (Å²) in [5.74, 6) is 1.01. The van der Waals surface area contributed by atoms with Crippen molar-refractivity contribution in [1.82, 2.24) is 0 Å². The Morgan fingerprint density at radius 3 is 2.84 bits per heavy atom. The number of hydrogen-bond acceptors (Lipinski definition) is 2. The summed E-state index contributed by atoms with van der Waals surface area (Å²) in [4.78, 5) is 0. The molecule has 1 saturated carbocycles. The minimum Gasteiger partial charge on any atom is -0.508 e. The lowest BCUT2D eigenvalue weighted by atomic mass is 9.59. The molecule has 0 amide bonds. The highest BCUT2D eigenvalue weighted by molar-refractivity contribution is 5.48. The highest BCUT2D eigenvalue weighted by Gasteiger charge is 2.44. The lowest BCUT2D eigenvalue weighted by Crippen LogP contribution is -2.53. The third kappa shape index (κ3) is 1.97. The fourth-order valence-corrected chi connectivity index (χ4v) is 4.33. The summed E-state index contributed by atoms with van der Waals surface area (Å²) >= 11 is 0. The van der Waals surface area contributed by atoms with Gasteiger partial charge in [-0.15, -0.1) is 0 Å². The second-order valence-electron chi connectivity index (χ2n) is 6.80. The van der Waals surface area contributed by atoms with E-state index in [1.54, 1.807) is 0 Å². The third-order valence-corrected chi connectivity index (χ3v) is 5.55. The minimum atomic E-state index is 0.0438. The van der Waals surface area contributed by atoms with E-state index in [0.717, 1.165) is 12.8 Å². The second kappa shape index (κ2) is 4.52. The van der Waals surface area contributed by atoms with E-state index in [2.05, 4.69) is 13.8 Å². The van der Waals surface area contributed by atoms with E-state index >= 15 is 0 Å². The van der Waals surface area contributed by atoms with Crippen LogP contribution in [0, 0.1) is 12.8 Å². The molecule has 0 aliphatic heterocycles. The normalized spacial score (nSPS) is 34.3. The number of aryl methyl sites for hydroxylation is 1. The van der Waals surface area contributed by atoms with Crippen LogP contribution in [0.25, 0.3) is 0 Å². The van der Waals surface area contributed by atoms with Gasteiger partial charge in [0.25, 0.3) is 0 Å². The van der Waals surface area contributed by atoms with Gasteiger partial charge in [0.2, 0.25) is 0 Å². The summed E-state index contributed by atoms with van der Waals surface area (Å²) < 4.78 is 0. The first-order valence-corrected chi connectivity index (χ1v) is 7.61. The van der Waals surface area contributed by atoms with Gasteiger partial charge in [-0.25, -0.2) is 0 Å². The zero-order valence-electron chi connectivity index (χ0n) is 12.1. The molecule has 1 fully saturated rings. The zero-order valence-corrected chi connectivity index (χ0v) is 12.1. The summed E-state index contributed by atoms with van der Waals surface area (Å²) in [6, 6.07) is 4.11. The van der Waals surface area contributed by atoms with E-state index in [1.807, 2.05) is 12.1 Å². The van der Waals surface area contributed by atoms with Crippen LogP contribution in [0.15, 0.2) is 12.1 Å². The van der Waals surface area contributed by atoms with Crippen LogP contribution in [0.4, 0.5) is 0 Å². The number of rotatable bonds is 0. The van der Waals surface area contributed by atoms with Crippen molar-refractivity contribution >= 4 is 0 Å². The fourth-order valence-electron chi connectivity index (χ4n) is 4.33. The smallest absolute Gasteiger partial charge is 0.116 e. The van der Waals surface area contributed by atoms with Crippen molar-refractivity contribution in [3.8, 4) is 5.75 Å². The summed E-state index contributed by atoms with van der Waals surface area (Å²) in [5, 5.41) is 9.95. The molecule has 3 N–H and O–H groups in total. The Hall–Kier alpha value is -1.02. The maximum absolute atomic E-state index is 9.95. The van der Waals surface area contributed by atoms with Crippen molar-refractivity contribution in [2.75, 3.05) is 0 Å². The van der Waals surface area contributed by atoms with Crippen LogP contribution in [-0.4, -0.2) is 11.1 Å². The molecule has 2 heteroatoms. The molecule has 0 spiro atoms. The van der Waals surface area contributed by atoms with Gasteiger partial charge < -0.3 is 10.8 Å². The van der Waals surface area contributed by atoms with Crippen LogP contribution < -0.4 is 5.73 Å². The summed E-state index contributed by atoms with van der Waals surface area (Å²) in [6.45, 7) is 4.44. The molecule has 0 aromatic heterocycles. The Kier molecular flexibility index (Phi) is 3.09. The molecular weight excluding hydrogens is 234 g/mol. The van der Waals surface area contributed by atoms with Crippen LogP contribution in [0.3, 0.4) is 0 Å². The maximum Gasteiger partial charge on any atom is 0.116 e. The third-order valence-electron chi connectivity index (χ3n) is 5.55. The van der Waals surface area contributed by atoms with Crippen LogP contribution >= 0.6 is 0 Å². The SMILES string of the molecule is Cc1cc(O)cc2c1CC1CCCCCC2(C)C1N. The predicted molar refractivity (Wildman–Crippen MR) is 78.5 cm³/mol. The fraction of sp³-hybridized carbons (Fsp3) is 0.647. The number of hydrogen-bond donors (Lipinski definition) is 2. The van der Waals surface area contributed by atoms with E-state index in [-0.39, 0.29) is 11.5 Å². The van der Waals surface area contributed by atoms with Crippen molar-refractivity contribution in [3.05, 3.63) is 28.8 Å². The molecule has 3 atom stereocenters. The van der Waals surface area contributed by atoms with Crippen LogP contribution in [0.1, 0.15) is 55.7 Å². The average Bonchev–Trinajstić information content (AvgIpc) is 2.35. The van der Waals surface area contributed by atoms with Gasteiger partial charge in [0.15, 0.2) is 0 Å². The average molecular weight is 259 g/mol. The molecule has 1 aromatic rings. The summed E-state index contributed by atoms with van der Waals surface area (Å²) in [5.41, 5.74) is 10.7. The van der Waals surface area contributed by atoms with Gasteiger partial charge >= 0.3 is 0 Å². The molecule has 2 nitrogen and oxygen atoms in total. The Balaban J connectivity index is 2.17. The van der Waals surface area contributed by atoms with E-state index < -0.39 is 0 Å². The Labute approximate surface area is 116 Å². The van der Waals surface area contributed by atoms with Gasteiger partial charge in [0.1, 0.15) is 5.75 Å². The highest BCUT2D eigenvalue weighted by atomic mass is 16.3. The molecule has 0 radical (unpaired) electrons. The predicted octanol–water partition coefficient (Wildman–Crippen LogP) is 3.42. The summed E-state index contributed by atoms with van der Waals surface area (Å²) in [7, 11) is 0. The molecule has 104 valence electrons. The molecule has 2 bridgehead atoms. The molecule has 3 unspecified atom stereocenters. The van der Waals surface area contributed by atoms with Gasteiger partial charge in [-0.3, -0.25) is 0 Å². The standard InChI is InChI=1S/C17H25NO/c1-11-8-13(19)10-15-14(11)9-12-6-4-3-5-7-17(15,2)16(12)18/h8,10,12,16,19H,3-7,9,18H2,1-2H3. The number of nitrogens with two attached hydrogens (primary N) is 1. The highest BCUT2D eigenvalue weighted by Crippen LogP contribution is 2.47. The van der Waals surface area contributed by atoms with Crippen molar-refractivity contribution in [3.63, 3.8) is 0 Å². The molecule has 2 aliphatic carbocycles. The molecule has 2 aliphatic rings. The number of phenols is 1. The number of aromatic hydroxyl groups is 1. The van der Waals surface area contributed by atoms with Crippen LogP contribution in [0.5, 0.6) is 5.75 Å². The lowest BCUT2D eigenvalue weighted by Gasteiger charge is -2.47. The van der Waals surface area contributed by atoms with Crippen molar-refractivity contribution in [1.29, 1.82) is 0 Å². The first kappa shape index (κ1) is 13.0. The molecule has 19 heavy (non-hydrogen) atoms. The van der Waals surface area contributed by atoms with Gasteiger partial charge in [-0.05, 0) is 60.9 Å². The van der Waals surface area contributed by atoms with Gasteiger partial charge in [0, 0.05) is 11.5 Å². The summed E-state index contributed by atoms with van der Waals surface area (Å²) in [6.07, 6.45) is 7.41. The monoisotopic (exact) mass is 259 g/mol. The molecule has 3 rings (SSSR count). The molecule has 1 aromatic carbocycles. The lowest BCUT2D eigenvalue weighted by molar-refractivity contribution is 0.201. The molecule has 0 heterocycles. The van der Waals surface area contributed by atoms with E-state index in [0.29, 0.717) is 11.7 Å². The van der Waals surface area contributed by atoms with E-state index in [9.17, 15) is 5.11 Å². The molecular formula is C17H25NO. The number of benzene rings is 1. The van der Waals surface area contributed by atoms with Crippen LogP contribution in [-0.2, 0) is 11.8 Å². The van der Waals surface area contributed by atoms with Crippen molar-refractivity contribution in [2.45, 2.75) is 63.8 Å². The van der Waals surface area contributed by atoms with Gasteiger partial charge in [0.05, 0.1) is 0 Å². The topological polar surface area (TPSA) is 46.2 Å². The Morgan fingerprint density at radius 2 is 2.05 bits per heavy atom. The minimum absolute atomic E-state index is 0.0438. The molecule has 0 saturated heterocycles. The first-order valence-electron chi connectivity index (χ1n) is 7.61. The van der Waals surface area contributed by atoms with Crippen molar-refractivity contribution < 1.29 is 5.11 Å². The Bertz CT molecular complexity index is 496.